The van der Waals surface area contributed by atoms with Crippen LogP contribution >= 0.6 is 0 Å². The molecule has 1 aliphatic heterocycles. The molecule has 1 aromatic heterocycles. The van der Waals surface area contributed by atoms with Crippen LogP contribution in [0.4, 0.5) is 0 Å². The first-order chi connectivity index (χ1) is 9.62. The zero-order chi connectivity index (χ0) is 14.0. The Morgan fingerprint density at radius 2 is 2.15 bits per heavy atom. The monoisotopic (exact) mass is 273 g/mol. The maximum atomic E-state index is 10.1. The first-order valence-electron chi connectivity index (χ1n) is 6.95. The minimum Gasteiger partial charge on any atom is -0.389 e. The van der Waals surface area contributed by atoms with Gasteiger partial charge in [0.15, 0.2) is 0 Å². The molecule has 1 atom stereocenters. The SMILES string of the molecule is CC1(O)CCCN(Cc2nc(-c3ccccc3)no2)C1. The van der Waals surface area contributed by atoms with E-state index in [2.05, 4.69) is 15.0 Å². The number of hydrogen-bond acceptors (Lipinski definition) is 5. The van der Waals surface area contributed by atoms with Crippen LogP contribution in [0.25, 0.3) is 11.4 Å². The molecule has 1 unspecified atom stereocenters. The average molecular weight is 273 g/mol. The summed E-state index contributed by atoms with van der Waals surface area (Å²) < 4.78 is 5.31. The molecule has 0 saturated carbocycles. The van der Waals surface area contributed by atoms with E-state index in [0.717, 1.165) is 24.9 Å². The van der Waals surface area contributed by atoms with Crippen molar-refractivity contribution in [3.05, 3.63) is 36.2 Å². The summed E-state index contributed by atoms with van der Waals surface area (Å²) in [6.07, 6.45) is 1.84. The molecule has 106 valence electrons. The molecule has 1 fully saturated rings. The molecule has 3 rings (SSSR count). The summed E-state index contributed by atoms with van der Waals surface area (Å²) >= 11 is 0. The van der Waals surface area contributed by atoms with E-state index in [9.17, 15) is 5.11 Å². The fourth-order valence-electron chi connectivity index (χ4n) is 2.67. The van der Waals surface area contributed by atoms with Crippen molar-refractivity contribution in [1.29, 1.82) is 0 Å². The van der Waals surface area contributed by atoms with E-state index in [4.69, 9.17) is 4.52 Å². The number of benzene rings is 1. The average Bonchev–Trinajstić information content (AvgIpc) is 2.87. The zero-order valence-electron chi connectivity index (χ0n) is 11.6. The molecule has 1 saturated heterocycles. The number of rotatable bonds is 3. The predicted octanol–water partition coefficient (Wildman–Crippen LogP) is 2.08. The quantitative estimate of drug-likeness (QED) is 0.927. The lowest BCUT2D eigenvalue weighted by Crippen LogP contribution is -2.45. The minimum absolute atomic E-state index is 0.593. The molecule has 1 aliphatic rings. The molecule has 0 amide bonds. The third kappa shape index (κ3) is 3.05. The van der Waals surface area contributed by atoms with Gasteiger partial charge in [-0.2, -0.15) is 4.98 Å². The molecule has 0 spiro atoms. The van der Waals surface area contributed by atoms with Gasteiger partial charge in [-0.3, -0.25) is 4.90 Å². The van der Waals surface area contributed by atoms with Crippen molar-refractivity contribution in [2.45, 2.75) is 31.9 Å². The number of nitrogens with zero attached hydrogens (tertiary/aromatic N) is 3. The molecule has 1 aromatic carbocycles. The van der Waals surface area contributed by atoms with Gasteiger partial charge in [0, 0.05) is 12.1 Å². The Morgan fingerprint density at radius 3 is 2.90 bits per heavy atom. The summed E-state index contributed by atoms with van der Waals surface area (Å²) in [5.41, 5.74) is 0.341. The molecule has 2 aromatic rings. The first-order valence-corrected chi connectivity index (χ1v) is 6.95. The molecule has 5 heteroatoms. The van der Waals surface area contributed by atoms with Crippen LogP contribution in [0.5, 0.6) is 0 Å². The second kappa shape index (κ2) is 5.34. The van der Waals surface area contributed by atoms with Crippen LogP contribution in [0.15, 0.2) is 34.9 Å². The van der Waals surface area contributed by atoms with Gasteiger partial charge in [0.05, 0.1) is 12.1 Å². The van der Waals surface area contributed by atoms with E-state index in [0.29, 0.717) is 24.8 Å². The smallest absolute Gasteiger partial charge is 0.241 e. The van der Waals surface area contributed by atoms with Gasteiger partial charge in [-0.05, 0) is 26.3 Å². The molecule has 2 heterocycles. The molecule has 0 radical (unpaired) electrons. The fraction of sp³-hybridized carbons (Fsp3) is 0.467. The highest BCUT2D eigenvalue weighted by atomic mass is 16.5. The molecule has 0 aliphatic carbocycles. The lowest BCUT2D eigenvalue weighted by atomic mass is 9.95. The van der Waals surface area contributed by atoms with Gasteiger partial charge in [-0.1, -0.05) is 35.5 Å². The molecule has 0 bridgehead atoms. The topological polar surface area (TPSA) is 62.4 Å². The van der Waals surface area contributed by atoms with E-state index in [1.165, 1.54) is 0 Å². The lowest BCUT2D eigenvalue weighted by Gasteiger charge is -2.35. The van der Waals surface area contributed by atoms with Crippen molar-refractivity contribution in [1.82, 2.24) is 15.0 Å². The van der Waals surface area contributed by atoms with Gasteiger partial charge in [-0.15, -0.1) is 0 Å². The summed E-state index contributed by atoms with van der Waals surface area (Å²) in [6.45, 7) is 4.08. The number of hydrogen-bond donors (Lipinski definition) is 1. The highest BCUT2D eigenvalue weighted by molar-refractivity contribution is 5.53. The molecular formula is C15H19N3O2. The summed E-state index contributed by atoms with van der Waals surface area (Å²) in [5, 5.41) is 14.1. The van der Waals surface area contributed by atoms with E-state index in [1.54, 1.807) is 0 Å². The van der Waals surface area contributed by atoms with E-state index in [1.807, 2.05) is 37.3 Å². The largest absolute Gasteiger partial charge is 0.389 e. The van der Waals surface area contributed by atoms with Gasteiger partial charge < -0.3 is 9.63 Å². The normalized spacial score (nSPS) is 23.9. The Kier molecular flexibility index (Phi) is 3.54. The second-order valence-electron chi connectivity index (χ2n) is 5.69. The van der Waals surface area contributed by atoms with E-state index in [-0.39, 0.29) is 0 Å². The van der Waals surface area contributed by atoms with Crippen molar-refractivity contribution in [2.24, 2.45) is 0 Å². The van der Waals surface area contributed by atoms with Gasteiger partial charge in [0.2, 0.25) is 11.7 Å². The van der Waals surface area contributed by atoms with Gasteiger partial charge in [0.25, 0.3) is 0 Å². The maximum Gasteiger partial charge on any atom is 0.241 e. The Balaban J connectivity index is 1.69. The van der Waals surface area contributed by atoms with Crippen LogP contribution < -0.4 is 0 Å². The van der Waals surface area contributed by atoms with E-state index >= 15 is 0 Å². The summed E-state index contributed by atoms with van der Waals surface area (Å²) in [6, 6.07) is 9.78. The number of aliphatic hydroxyl groups is 1. The molecule has 5 nitrogen and oxygen atoms in total. The van der Waals surface area contributed by atoms with Crippen molar-refractivity contribution in [3.63, 3.8) is 0 Å². The van der Waals surface area contributed by atoms with Crippen LogP contribution in [0.2, 0.25) is 0 Å². The van der Waals surface area contributed by atoms with Crippen LogP contribution in [-0.4, -0.2) is 38.8 Å². The molecule has 1 N–H and O–H groups in total. The van der Waals surface area contributed by atoms with Gasteiger partial charge >= 0.3 is 0 Å². The van der Waals surface area contributed by atoms with Gasteiger partial charge in [-0.25, -0.2) is 0 Å². The van der Waals surface area contributed by atoms with Crippen molar-refractivity contribution in [3.8, 4) is 11.4 Å². The minimum atomic E-state index is -0.611. The Morgan fingerprint density at radius 1 is 1.35 bits per heavy atom. The van der Waals surface area contributed by atoms with Crippen LogP contribution in [0, 0.1) is 0 Å². The highest BCUT2D eigenvalue weighted by Crippen LogP contribution is 2.22. The Labute approximate surface area is 118 Å². The predicted molar refractivity (Wildman–Crippen MR) is 74.9 cm³/mol. The van der Waals surface area contributed by atoms with Crippen molar-refractivity contribution in [2.75, 3.05) is 13.1 Å². The lowest BCUT2D eigenvalue weighted by molar-refractivity contribution is -0.0207. The number of piperidine rings is 1. The number of aromatic nitrogens is 2. The third-order valence-corrected chi connectivity index (χ3v) is 3.61. The van der Waals surface area contributed by atoms with Crippen LogP contribution in [-0.2, 0) is 6.54 Å². The van der Waals surface area contributed by atoms with Crippen molar-refractivity contribution >= 4 is 0 Å². The summed E-state index contributed by atoms with van der Waals surface area (Å²) in [5.74, 6) is 1.21. The Hall–Kier alpha value is -1.72. The third-order valence-electron chi connectivity index (χ3n) is 3.61. The fourth-order valence-corrected chi connectivity index (χ4v) is 2.67. The first kappa shape index (κ1) is 13.3. The van der Waals surface area contributed by atoms with E-state index < -0.39 is 5.60 Å². The summed E-state index contributed by atoms with van der Waals surface area (Å²) in [7, 11) is 0. The zero-order valence-corrected chi connectivity index (χ0v) is 11.6. The Bertz CT molecular complexity index is 566. The number of likely N-dealkylation sites (tertiary alicyclic amines) is 1. The second-order valence-corrected chi connectivity index (χ2v) is 5.69. The highest BCUT2D eigenvalue weighted by Gasteiger charge is 2.29. The molecular weight excluding hydrogens is 254 g/mol. The van der Waals surface area contributed by atoms with Crippen LogP contribution in [0.3, 0.4) is 0 Å². The standard InChI is InChI=1S/C15H19N3O2/c1-15(19)8-5-9-18(11-15)10-13-16-14(17-20-13)12-6-3-2-4-7-12/h2-4,6-7,19H,5,8-11H2,1H3. The van der Waals surface area contributed by atoms with Gasteiger partial charge in [0.1, 0.15) is 0 Å². The molecule has 20 heavy (non-hydrogen) atoms. The van der Waals surface area contributed by atoms with Crippen molar-refractivity contribution < 1.29 is 9.63 Å². The number of β-amino-alcohol motifs (C(OH)–C–C–N with tert-alkyl or cyclic N) is 1. The van der Waals surface area contributed by atoms with Crippen LogP contribution in [0.1, 0.15) is 25.7 Å². The maximum absolute atomic E-state index is 10.1. The summed E-state index contributed by atoms with van der Waals surface area (Å²) in [4.78, 5) is 6.58.